The Balaban J connectivity index is 2.11. The third kappa shape index (κ3) is 2.30. The van der Waals surface area contributed by atoms with Crippen LogP contribution in [0.15, 0.2) is 10.5 Å². The van der Waals surface area contributed by atoms with Gasteiger partial charge in [0.15, 0.2) is 11.9 Å². The van der Waals surface area contributed by atoms with E-state index < -0.39 is 30.7 Å². The van der Waals surface area contributed by atoms with Crippen LogP contribution in [0.1, 0.15) is 17.5 Å². The molecule has 122 valence electrons. The fourth-order valence-electron chi connectivity index (χ4n) is 2.60. The number of nitrogens with two attached hydrogens (primary N) is 1. The Labute approximate surface area is 133 Å². The Hall–Kier alpha value is -2.04. The van der Waals surface area contributed by atoms with Crippen LogP contribution in [-0.2, 0) is 4.74 Å². The second-order valence-electron chi connectivity index (χ2n) is 5.14. The SMILES string of the molecule is Cc1nc(N)c2scc([C@@H]3O[C@@](CO)(N=[N+]=[N-])[C@@H](O)[C@H]3F)c2n1. The third-order valence-electron chi connectivity index (χ3n) is 3.71. The van der Waals surface area contributed by atoms with Crippen LogP contribution in [0.25, 0.3) is 20.7 Å². The molecule has 0 spiro atoms. The molecule has 3 heterocycles. The zero-order valence-corrected chi connectivity index (χ0v) is 12.7. The van der Waals surface area contributed by atoms with Gasteiger partial charge in [-0.3, -0.25) is 0 Å². The number of hydrogen-bond donors (Lipinski definition) is 3. The van der Waals surface area contributed by atoms with Gasteiger partial charge in [-0.2, -0.15) is 0 Å². The first-order chi connectivity index (χ1) is 10.9. The number of anilines is 1. The minimum atomic E-state index is -2.07. The van der Waals surface area contributed by atoms with Gasteiger partial charge in [0.05, 0.1) is 16.8 Å². The molecule has 23 heavy (non-hydrogen) atoms. The molecule has 4 N–H and O–H groups in total. The lowest BCUT2D eigenvalue weighted by Crippen LogP contribution is -2.43. The van der Waals surface area contributed by atoms with Gasteiger partial charge in [-0.25, -0.2) is 14.4 Å². The predicted octanol–water partition coefficient (Wildman–Crippen LogP) is 1.35. The molecule has 0 amide bonds. The number of thiophene rings is 1. The van der Waals surface area contributed by atoms with E-state index in [0.29, 0.717) is 21.6 Å². The van der Waals surface area contributed by atoms with Crippen molar-refractivity contribution >= 4 is 27.4 Å². The van der Waals surface area contributed by atoms with Crippen LogP contribution in [0, 0.1) is 6.92 Å². The first-order valence-corrected chi connectivity index (χ1v) is 7.49. The van der Waals surface area contributed by atoms with Crippen LogP contribution >= 0.6 is 11.3 Å². The molecule has 11 heteroatoms. The van der Waals surface area contributed by atoms with Crippen molar-refractivity contribution in [2.45, 2.75) is 31.0 Å². The second kappa shape index (κ2) is 5.55. The van der Waals surface area contributed by atoms with E-state index in [2.05, 4.69) is 20.0 Å². The van der Waals surface area contributed by atoms with Crippen molar-refractivity contribution in [1.29, 1.82) is 0 Å². The molecule has 0 unspecified atom stereocenters. The minimum absolute atomic E-state index is 0.265. The summed E-state index contributed by atoms with van der Waals surface area (Å²) in [4.78, 5) is 10.8. The van der Waals surface area contributed by atoms with E-state index in [9.17, 15) is 14.6 Å². The van der Waals surface area contributed by atoms with E-state index in [1.54, 1.807) is 12.3 Å². The van der Waals surface area contributed by atoms with Crippen LogP contribution in [0.4, 0.5) is 10.2 Å². The van der Waals surface area contributed by atoms with Crippen molar-refractivity contribution in [2.24, 2.45) is 5.11 Å². The van der Waals surface area contributed by atoms with Gasteiger partial charge < -0.3 is 20.7 Å². The highest BCUT2D eigenvalue weighted by Crippen LogP contribution is 2.46. The number of rotatable bonds is 3. The van der Waals surface area contributed by atoms with E-state index in [0.717, 1.165) is 0 Å². The number of aliphatic hydroxyl groups excluding tert-OH is 2. The van der Waals surface area contributed by atoms with Crippen molar-refractivity contribution in [3.05, 3.63) is 27.2 Å². The number of hydrogen-bond acceptors (Lipinski definition) is 8. The summed E-state index contributed by atoms with van der Waals surface area (Å²) in [7, 11) is 0. The number of aryl methyl sites for hydroxylation is 1. The topological polar surface area (TPSA) is 150 Å². The number of ether oxygens (including phenoxy) is 1. The third-order valence-corrected chi connectivity index (χ3v) is 4.72. The number of halogens is 1. The Bertz CT molecular complexity index is 809. The predicted molar refractivity (Wildman–Crippen MR) is 80.3 cm³/mol. The fraction of sp³-hybridized carbons (Fsp3) is 0.500. The first-order valence-electron chi connectivity index (χ1n) is 6.62. The smallest absolute Gasteiger partial charge is 0.199 e. The molecular weight excluding hydrogens is 327 g/mol. The number of azide groups is 1. The summed E-state index contributed by atoms with van der Waals surface area (Å²) < 4.78 is 20.5. The van der Waals surface area contributed by atoms with Crippen LogP contribution in [0.3, 0.4) is 0 Å². The van der Waals surface area contributed by atoms with Gasteiger partial charge in [-0.05, 0) is 17.8 Å². The standard InChI is InChI=1S/C12H13FN6O3S/c1-4-16-7-5(2-23-9(7)11(14)17-4)8-6(13)10(21)12(3-20,22-8)18-19-15/h2,6,8,10,20-21H,3H2,1H3,(H2,14,16,17)/t6-,8-,10-,12+/m0/s1. The van der Waals surface area contributed by atoms with Gasteiger partial charge in [-0.1, -0.05) is 5.11 Å². The minimum Gasteiger partial charge on any atom is -0.393 e. The van der Waals surface area contributed by atoms with Crippen molar-refractivity contribution in [1.82, 2.24) is 9.97 Å². The number of aliphatic hydroxyl groups is 2. The van der Waals surface area contributed by atoms with E-state index in [-0.39, 0.29) is 5.82 Å². The average Bonchev–Trinajstić information content (AvgIpc) is 3.03. The molecule has 4 atom stereocenters. The molecule has 1 fully saturated rings. The summed E-state index contributed by atoms with van der Waals surface area (Å²) in [6.07, 6.45) is -4.95. The Kier molecular flexibility index (Phi) is 3.82. The van der Waals surface area contributed by atoms with E-state index in [4.69, 9.17) is 16.0 Å². The zero-order chi connectivity index (χ0) is 16.8. The Morgan fingerprint density at radius 3 is 3.00 bits per heavy atom. The van der Waals surface area contributed by atoms with Gasteiger partial charge in [0.2, 0.25) is 0 Å². The summed E-state index contributed by atoms with van der Waals surface area (Å²) in [5.41, 5.74) is 13.1. The molecule has 1 aliphatic rings. The van der Waals surface area contributed by atoms with Crippen molar-refractivity contribution in [3.8, 4) is 0 Å². The Morgan fingerprint density at radius 2 is 2.35 bits per heavy atom. The maximum Gasteiger partial charge on any atom is 0.199 e. The summed E-state index contributed by atoms with van der Waals surface area (Å²) in [6, 6.07) is 0. The highest BCUT2D eigenvalue weighted by atomic mass is 32.1. The molecule has 1 aliphatic heterocycles. The van der Waals surface area contributed by atoms with Crippen LogP contribution < -0.4 is 5.73 Å². The van der Waals surface area contributed by atoms with Crippen molar-refractivity contribution < 1.29 is 19.3 Å². The van der Waals surface area contributed by atoms with Gasteiger partial charge >= 0.3 is 0 Å². The molecule has 0 aromatic carbocycles. The monoisotopic (exact) mass is 340 g/mol. The zero-order valence-electron chi connectivity index (χ0n) is 11.9. The quantitative estimate of drug-likeness (QED) is 0.436. The Morgan fingerprint density at radius 1 is 1.61 bits per heavy atom. The number of nitrogen functional groups attached to an aromatic ring is 1. The van der Waals surface area contributed by atoms with Gasteiger partial charge in [0.1, 0.15) is 23.9 Å². The number of aromatic nitrogens is 2. The van der Waals surface area contributed by atoms with E-state index in [1.165, 1.54) is 11.3 Å². The highest BCUT2D eigenvalue weighted by molar-refractivity contribution is 7.18. The van der Waals surface area contributed by atoms with Crippen LogP contribution in [0.5, 0.6) is 0 Å². The first kappa shape index (κ1) is 15.8. The number of nitrogens with zero attached hydrogens (tertiary/aromatic N) is 5. The second-order valence-corrected chi connectivity index (χ2v) is 6.02. The summed E-state index contributed by atoms with van der Waals surface area (Å²) in [5.74, 6) is 0.674. The van der Waals surface area contributed by atoms with E-state index >= 15 is 0 Å². The molecule has 0 radical (unpaired) electrons. The molecule has 3 rings (SSSR count). The van der Waals surface area contributed by atoms with Crippen LogP contribution in [-0.4, -0.2) is 44.8 Å². The number of fused-ring (bicyclic) bond motifs is 1. The molecule has 2 aromatic rings. The lowest BCUT2D eigenvalue weighted by atomic mass is 10.0. The maximum atomic E-state index is 14.5. The lowest BCUT2D eigenvalue weighted by Gasteiger charge is -2.23. The fourth-order valence-corrected chi connectivity index (χ4v) is 3.53. The van der Waals surface area contributed by atoms with Crippen molar-refractivity contribution in [2.75, 3.05) is 12.3 Å². The maximum absolute atomic E-state index is 14.5. The molecule has 2 aromatic heterocycles. The molecular formula is C12H13FN6O3S. The summed E-state index contributed by atoms with van der Waals surface area (Å²) in [5, 5.41) is 24.2. The molecule has 9 nitrogen and oxygen atoms in total. The lowest BCUT2D eigenvalue weighted by molar-refractivity contribution is -0.107. The van der Waals surface area contributed by atoms with Crippen LogP contribution in [0.2, 0.25) is 0 Å². The summed E-state index contributed by atoms with van der Waals surface area (Å²) >= 11 is 1.22. The molecule has 1 saturated heterocycles. The number of alkyl halides is 1. The highest BCUT2D eigenvalue weighted by Gasteiger charge is 2.56. The average molecular weight is 340 g/mol. The largest absolute Gasteiger partial charge is 0.393 e. The normalized spacial score (nSPS) is 30.5. The van der Waals surface area contributed by atoms with Gasteiger partial charge in [0.25, 0.3) is 0 Å². The van der Waals surface area contributed by atoms with Crippen molar-refractivity contribution in [3.63, 3.8) is 0 Å². The molecule has 0 aliphatic carbocycles. The van der Waals surface area contributed by atoms with E-state index in [1.807, 2.05) is 0 Å². The molecule has 0 bridgehead atoms. The van der Waals surface area contributed by atoms with Gasteiger partial charge in [0, 0.05) is 10.5 Å². The summed E-state index contributed by atoms with van der Waals surface area (Å²) in [6.45, 7) is 0.792. The van der Waals surface area contributed by atoms with Gasteiger partial charge in [-0.15, -0.1) is 11.3 Å². The molecule has 0 saturated carbocycles.